The van der Waals surface area contributed by atoms with Crippen LogP contribution in [0.4, 0.5) is 20.6 Å². The molecule has 2 aliphatic heterocycles. The van der Waals surface area contributed by atoms with Gasteiger partial charge in [-0.15, -0.1) is 0 Å². The predicted molar refractivity (Wildman–Crippen MR) is 99.3 cm³/mol. The molecule has 1 atom stereocenters. The zero-order valence-corrected chi connectivity index (χ0v) is 14.9. The van der Waals surface area contributed by atoms with E-state index >= 15 is 0 Å². The quantitative estimate of drug-likeness (QED) is 0.808. The zero-order chi connectivity index (χ0) is 19.0. The lowest BCUT2D eigenvalue weighted by atomic mass is 10.0. The third kappa shape index (κ3) is 3.58. The summed E-state index contributed by atoms with van der Waals surface area (Å²) in [6.07, 6.45) is 0.639. The van der Waals surface area contributed by atoms with Gasteiger partial charge < -0.3 is 20.3 Å². The molecular formula is C20H20FN3O3. The highest BCUT2D eigenvalue weighted by atomic mass is 19.1. The van der Waals surface area contributed by atoms with Crippen molar-refractivity contribution in [3.05, 3.63) is 53.3 Å². The van der Waals surface area contributed by atoms with Crippen molar-refractivity contribution >= 4 is 23.3 Å². The summed E-state index contributed by atoms with van der Waals surface area (Å²) in [5.74, 6) is 0.127. The number of anilines is 2. The number of rotatable bonds is 1. The minimum Gasteiger partial charge on any atom is -0.489 e. The van der Waals surface area contributed by atoms with Crippen molar-refractivity contribution in [1.29, 1.82) is 0 Å². The molecule has 0 radical (unpaired) electrons. The first-order chi connectivity index (χ1) is 13.0. The van der Waals surface area contributed by atoms with Gasteiger partial charge in [0.15, 0.2) is 0 Å². The number of carbonyl (C=O) groups is 2. The number of benzene rings is 2. The highest BCUT2D eigenvalue weighted by molar-refractivity contribution is 5.96. The van der Waals surface area contributed by atoms with Gasteiger partial charge in [0.2, 0.25) is 5.91 Å². The van der Waals surface area contributed by atoms with Crippen LogP contribution in [0.5, 0.6) is 5.75 Å². The Morgan fingerprint density at radius 2 is 2.07 bits per heavy atom. The molecule has 27 heavy (non-hydrogen) atoms. The van der Waals surface area contributed by atoms with E-state index in [1.165, 1.54) is 12.1 Å². The molecule has 7 heteroatoms. The number of nitrogens with one attached hydrogen (secondary N) is 2. The first-order valence-corrected chi connectivity index (χ1v) is 8.92. The average Bonchev–Trinajstić information content (AvgIpc) is 2.80. The van der Waals surface area contributed by atoms with Crippen LogP contribution in [-0.2, 0) is 17.8 Å². The number of hydrogen-bond donors (Lipinski definition) is 2. The van der Waals surface area contributed by atoms with Gasteiger partial charge in [0, 0.05) is 17.7 Å². The zero-order valence-electron chi connectivity index (χ0n) is 14.9. The first kappa shape index (κ1) is 17.3. The van der Waals surface area contributed by atoms with Crippen molar-refractivity contribution < 1.29 is 18.7 Å². The number of fused-ring (bicyclic) bond motifs is 2. The van der Waals surface area contributed by atoms with Gasteiger partial charge in [0.25, 0.3) is 0 Å². The van der Waals surface area contributed by atoms with Crippen LogP contribution in [-0.4, -0.2) is 29.5 Å². The fourth-order valence-electron chi connectivity index (χ4n) is 3.43. The second-order valence-electron chi connectivity index (χ2n) is 6.88. The number of amides is 3. The Morgan fingerprint density at radius 1 is 1.26 bits per heavy atom. The van der Waals surface area contributed by atoms with Crippen LogP contribution in [0.25, 0.3) is 0 Å². The number of hydrogen-bond acceptors (Lipinski definition) is 3. The van der Waals surface area contributed by atoms with E-state index in [-0.39, 0.29) is 17.7 Å². The molecule has 1 unspecified atom stereocenters. The van der Waals surface area contributed by atoms with Crippen LogP contribution in [0.1, 0.15) is 24.5 Å². The summed E-state index contributed by atoms with van der Waals surface area (Å²) < 4.78 is 20.3. The summed E-state index contributed by atoms with van der Waals surface area (Å²) in [4.78, 5) is 25.9. The summed E-state index contributed by atoms with van der Waals surface area (Å²) in [5, 5.41) is 5.35. The molecule has 2 heterocycles. The van der Waals surface area contributed by atoms with E-state index in [2.05, 4.69) is 10.6 Å². The highest BCUT2D eigenvalue weighted by Crippen LogP contribution is 2.30. The molecule has 2 aromatic rings. The molecule has 0 spiro atoms. The topological polar surface area (TPSA) is 70.7 Å². The van der Waals surface area contributed by atoms with E-state index in [0.717, 1.165) is 16.9 Å². The Hall–Kier alpha value is -3.09. The van der Waals surface area contributed by atoms with Crippen LogP contribution < -0.4 is 15.4 Å². The molecule has 4 rings (SSSR count). The van der Waals surface area contributed by atoms with Gasteiger partial charge in [-0.25, -0.2) is 9.18 Å². The third-order valence-electron chi connectivity index (χ3n) is 4.76. The summed E-state index contributed by atoms with van der Waals surface area (Å²) in [5.41, 5.74) is 2.22. The van der Waals surface area contributed by atoms with Crippen molar-refractivity contribution in [3.63, 3.8) is 0 Å². The number of ether oxygens (including phenoxy) is 1. The SMILES string of the molecule is CC1CN(C(=O)Nc2cc3c(cc2F)CCC(=O)N3)Cc2ccccc2O1. The maximum atomic E-state index is 14.4. The molecule has 0 aliphatic carbocycles. The normalized spacial score (nSPS) is 18.5. The maximum absolute atomic E-state index is 14.4. The number of halogens is 1. The number of aryl methyl sites for hydroxylation is 1. The number of urea groups is 1. The lowest BCUT2D eigenvalue weighted by molar-refractivity contribution is -0.116. The van der Waals surface area contributed by atoms with Crippen molar-refractivity contribution in [2.24, 2.45) is 0 Å². The van der Waals surface area contributed by atoms with Crippen LogP contribution >= 0.6 is 0 Å². The lowest BCUT2D eigenvalue weighted by Gasteiger charge is -2.24. The van der Waals surface area contributed by atoms with E-state index in [1.54, 1.807) is 4.90 Å². The average molecular weight is 369 g/mol. The molecule has 140 valence electrons. The minimum absolute atomic E-state index is 0.0482. The monoisotopic (exact) mass is 369 g/mol. The molecule has 2 N–H and O–H groups in total. The molecule has 0 saturated carbocycles. The Kier molecular flexibility index (Phi) is 4.43. The molecular weight excluding hydrogens is 349 g/mol. The molecule has 0 saturated heterocycles. The van der Waals surface area contributed by atoms with Crippen LogP contribution in [0.2, 0.25) is 0 Å². The fourth-order valence-corrected chi connectivity index (χ4v) is 3.43. The summed E-state index contributed by atoms with van der Waals surface area (Å²) in [6, 6.07) is 9.99. The largest absolute Gasteiger partial charge is 0.489 e. The van der Waals surface area contributed by atoms with E-state index in [4.69, 9.17) is 4.74 Å². The van der Waals surface area contributed by atoms with Gasteiger partial charge in [-0.05, 0) is 37.1 Å². The first-order valence-electron chi connectivity index (χ1n) is 8.92. The summed E-state index contributed by atoms with van der Waals surface area (Å²) in [7, 11) is 0. The molecule has 0 fully saturated rings. The summed E-state index contributed by atoms with van der Waals surface area (Å²) >= 11 is 0. The third-order valence-corrected chi connectivity index (χ3v) is 4.76. The van der Waals surface area contributed by atoms with Gasteiger partial charge >= 0.3 is 6.03 Å². The number of para-hydroxylation sites is 1. The maximum Gasteiger partial charge on any atom is 0.322 e. The molecule has 0 aromatic heterocycles. The van der Waals surface area contributed by atoms with Crippen LogP contribution in [0, 0.1) is 5.82 Å². The predicted octanol–water partition coefficient (Wildman–Crippen LogP) is 3.53. The number of carbonyl (C=O) groups excluding carboxylic acids is 2. The van der Waals surface area contributed by atoms with Crippen molar-refractivity contribution in [1.82, 2.24) is 4.90 Å². The van der Waals surface area contributed by atoms with Crippen molar-refractivity contribution in [3.8, 4) is 5.75 Å². The summed E-state index contributed by atoms with van der Waals surface area (Å²) in [6.45, 7) is 2.64. The van der Waals surface area contributed by atoms with E-state index < -0.39 is 11.8 Å². The molecule has 6 nitrogen and oxygen atoms in total. The second-order valence-corrected chi connectivity index (χ2v) is 6.88. The number of nitrogens with zero attached hydrogens (tertiary/aromatic N) is 1. The van der Waals surface area contributed by atoms with E-state index in [0.29, 0.717) is 31.6 Å². The minimum atomic E-state index is -0.516. The van der Waals surface area contributed by atoms with Gasteiger partial charge in [0.1, 0.15) is 17.7 Å². The van der Waals surface area contributed by atoms with Crippen molar-refractivity contribution in [2.75, 3.05) is 17.2 Å². The Morgan fingerprint density at radius 3 is 2.93 bits per heavy atom. The van der Waals surface area contributed by atoms with Gasteiger partial charge in [-0.3, -0.25) is 4.79 Å². The molecule has 2 aliphatic rings. The van der Waals surface area contributed by atoms with Crippen molar-refractivity contribution in [2.45, 2.75) is 32.4 Å². The Balaban J connectivity index is 1.55. The smallest absolute Gasteiger partial charge is 0.322 e. The van der Waals surface area contributed by atoms with Gasteiger partial charge in [0.05, 0.1) is 18.8 Å². The second kappa shape index (κ2) is 6.90. The lowest BCUT2D eigenvalue weighted by Crippen LogP contribution is -2.39. The van der Waals surface area contributed by atoms with Crippen LogP contribution in [0.3, 0.4) is 0 Å². The standard InChI is InChI=1S/C20H20FN3O3/c1-12-10-24(11-14-4-2-3-5-18(14)27-12)20(26)23-17-9-16-13(8-15(17)21)6-7-19(25)22-16/h2-5,8-9,12H,6-7,10-11H2,1H3,(H,22,25)(H,23,26). The molecule has 3 amide bonds. The van der Waals surface area contributed by atoms with Gasteiger partial charge in [-0.2, -0.15) is 0 Å². The fraction of sp³-hybridized carbons (Fsp3) is 0.300. The van der Waals surface area contributed by atoms with E-state index in [9.17, 15) is 14.0 Å². The molecule has 0 bridgehead atoms. The van der Waals surface area contributed by atoms with E-state index in [1.807, 2.05) is 31.2 Å². The highest BCUT2D eigenvalue weighted by Gasteiger charge is 2.25. The Labute approximate surface area is 156 Å². The van der Waals surface area contributed by atoms with Gasteiger partial charge in [-0.1, -0.05) is 18.2 Å². The Bertz CT molecular complexity index is 915. The molecule has 2 aromatic carbocycles. The van der Waals surface area contributed by atoms with Crippen LogP contribution in [0.15, 0.2) is 36.4 Å².